The van der Waals surface area contributed by atoms with Crippen LogP contribution in [0, 0.1) is 13.8 Å². The minimum Gasteiger partial charge on any atom is -0.382 e. The summed E-state index contributed by atoms with van der Waals surface area (Å²) in [6.45, 7) is 9.59. The van der Waals surface area contributed by atoms with E-state index in [1.807, 2.05) is 13.8 Å². The SMILES string of the molecule is COCCOCCOCCOC.COCCOCCOCCOS(=O)(=O)c1ccc(C)cc1.Cc1ccc(S(=O)(=O)Cl)cc1. The van der Waals surface area contributed by atoms with Gasteiger partial charge in [0, 0.05) is 32.0 Å². The summed E-state index contributed by atoms with van der Waals surface area (Å²) in [5.74, 6) is 0. The van der Waals surface area contributed by atoms with Crippen LogP contribution in [0.25, 0.3) is 0 Å². The highest BCUT2D eigenvalue weighted by atomic mass is 35.7. The number of ether oxygens (including phenoxy) is 7. The second-order valence-electron chi connectivity index (χ2n) is 8.77. The molecular formula is C29H47ClO12S2. The summed E-state index contributed by atoms with van der Waals surface area (Å²) in [6.07, 6.45) is 0. The first kappa shape index (κ1) is 42.3. The third kappa shape index (κ3) is 23.7. The molecule has 0 aliphatic carbocycles. The molecule has 0 unspecified atom stereocenters. The van der Waals surface area contributed by atoms with E-state index in [9.17, 15) is 16.8 Å². The van der Waals surface area contributed by atoms with E-state index in [2.05, 4.69) is 0 Å². The Labute approximate surface area is 267 Å². The fourth-order valence-electron chi connectivity index (χ4n) is 2.75. The molecule has 2 aromatic carbocycles. The molecule has 0 aliphatic rings. The van der Waals surface area contributed by atoms with Crippen molar-refractivity contribution in [2.75, 3.05) is 101 Å². The molecule has 0 amide bonds. The summed E-state index contributed by atoms with van der Waals surface area (Å²) in [6, 6.07) is 12.9. The second-order valence-corrected chi connectivity index (χ2v) is 12.9. The average molecular weight is 687 g/mol. The van der Waals surface area contributed by atoms with Crippen molar-refractivity contribution < 1.29 is 54.2 Å². The molecule has 0 heterocycles. The Kier molecular flexibility index (Phi) is 25.5. The molecule has 2 aromatic rings. The van der Waals surface area contributed by atoms with Crippen LogP contribution in [-0.4, -0.2) is 117 Å². The van der Waals surface area contributed by atoms with Gasteiger partial charge in [0.2, 0.25) is 0 Å². The highest BCUT2D eigenvalue weighted by Crippen LogP contribution is 2.14. The molecular weight excluding hydrogens is 640 g/mol. The number of hydrogen-bond donors (Lipinski definition) is 0. The van der Waals surface area contributed by atoms with Gasteiger partial charge in [-0.3, -0.25) is 4.18 Å². The predicted octanol–water partition coefficient (Wildman–Crippen LogP) is 3.61. The molecule has 2 rings (SSSR count). The zero-order chi connectivity index (χ0) is 33.1. The maximum atomic E-state index is 11.8. The highest BCUT2D eigenvalue weighted by Gasteiger charge is 2.14. The Hall–Kier alpha value is -1.69. The van der Waals surface area contributed by atoms with Gasteiger partial charge in [-0.15, -0.1) is 0 Å². The van der Waals surface area contributed by atoms with Crippen molar-refractivity contribution in [2.45, 2.75) is 23.6 Å². The van der Waals surface area contributed by atoms with Crippen LogP contribution in [0.5, 0.6) is 0 Å². The summed E-state index contributed by atoms with van der Waals surface area (Å²) < 4.78 is 85.1. The molecule has 15 heteroatoms. The van der Waals surface area contributed by atoms with Crippen LogP contribution in [0.15, 0.2) is 58.3 Å². The van der Waals surface area contributed by atoms with E-state index in [1.165, 1.54) is 24.3 Å². The summed E-state index contributed by atoms with van der Waals surface area (Å²) >= 11 is 0. The van der Waals surface area contributed by atoms with Crippen LogP contribution >= 0.6 is 10.7 Å². The molecule has 0 N–H and O–H groups in total. The summed E-state index contributed by atoms with van der Waals surface area (Å²) in [4.78, 5) is 0.292. The Morgan fingerprint density at radius 1 is 0.477 bits per heavy atom. The number of rotatable bonds is 21. The number of benzene rings is 2. The molecule has 0 atom stereocenters. The van der Waals surface area contributed by atoms with E-state index >= 15 is 0 Å². The lowest BCUT2D eigenvalue weighted by molar-refractivity contribution is 0.0106. The maximum absolute atomic E-state index is 11.8. The third-order valence-electron chi connectivity index (χ3n) is 5.12. The van der Waals surface area contributed by atoms with E-state index in [0.717, 1.165) is 11.1 Å². The van der Waals surface area contributed by atoms with Crippen molar-refractivity contribution in [3.8, 4) is 0 Å². The van der Waals surface area contributed by atoms with Gasteiger partial charge in [-0.25, -0.2) is 8.42 Å². The van der Waals surface area contributed by atoms with Crippen LogP contribution in [0.3, 0.4) is 0 Å². The molecule has 254 valence electrons. The van der Waals surface area contributed by atoms with Crippen molar-refractivity contribution in [3.63, 3.8) is 0 Å². The van der Waals surface area contributed by atoms with Gasteiger partial charge in [-0.1, -0.05) is 35.4 Å². The van der Waals surface area contributed by atoms with Gasteiger partial charge >= 0.3 is 0 Å². The first-order chi connectivity index (χ1) is 21.0. The van der Waals surface area contributed by atoms with Crippen LogP contribution < -0.4 is 0 Å². The van der Waals surface area contributed by atoms with Crippen LogP contribution in [0.4, 0.5) is 0 Å². The fourth-order valence-corrected chi connectivity index (χ4v) is 4.41. The zero-order valence-corrected chi connectivity index (χ0v) is 28.6. The van der Waals surface area contributed by atoms with Gasteiger partial charge in [0.05, 0.1) is 89.1 Å². The molecule has 0 saturated heterocycles. The van der Waals surface area contributed by atoms with E-state index in [-0.39, 0.29) is 23.0 Å². The zero-order valence-electron chi connectivity index (χ0n) is 26.2. The topological polar surface area (TPSA) is 142 Å². The molecule has 44 heavy (non-hydrogen) atoms. The maximum Gasteiger partial charge on any atom is 0.297 e. The molecule has 12 nitrogen and oxygen atoms in total. The average Bonchev–Trinajstić information content (AvgIpc) is 2.98. The second kappa shape index (κ2) is 26.5. The van der Waals surface area contributed by atoms with Crippen molar-refractivity contribution in [1.82, 2.24) is 0 Å². The van der Waals surface area contributed by atoms with Crippen molar-refractivity contribution in [1.29, 1.82) is 0 Å². The van der Waals surface area contributed by atoms with E-state index < -0.39 is 19.2 Å². The molecule has 0 aliphatic heterocycles. The van der Waals surface area contributed by atoms with Crippen LogP contribution in [0.1, 0.15) is 11.1 Å². The molecule has 0 radical (unpaired) electrons. The largest absolute Gasteiger partial charge is 0.382 e. The Bertz CT molecular complexity index is 1150. The van der Waals surface area contributed by atoms with E-state index in [4.69, 9.17) is 48.0 Å². The van der Waals surface area contributed by atoms with Gasteiger partial charge in [-0.05, 0) is 38.1 Å². The third-order valence-corrected chi connectivity index (χ3v) is 7.81. The Morgan fingerprint density at radius 2 is 0.773 bits per heavy atom. The van der Waals surface area contributed by atoms with E-state index in [1.54, 1.807) is 45.6 Å². The lowest BCUT2D eigenvalue weighted by Gasteiger charge is -2.07. The quantitative estimate of drug-likeness (QED) is 0.108. The van der Waals surface area contributed by atoms with Gasteiger partial charge in [-0.2, -0.15) is 8.42 Å². The minimum atomic E-state index is -3.71. The van der Waals surface area contributed by atoms with Crippen molar-refractivity contribution in [3.05, 3.63) is 59.7 Å². The Morgan fingerprint density at radius 3 is 1.09 bits per heavy atom. The van der Waals surface area contributed by atoms with Crippen molar-refractivity contribution >= 4 is 29.9 Å². The standard InChI is InChI=1S/C14H22O6S.C8H18O4.C7H7ClO2S/c1-13-3-5-14(6-4-13)21(15,16)20-12-11-19-10-9-18-8-7-17-2;1-9-3-5-11-7-8-12-6-4-10-2;1-6-2-4-7(5-3-6)11(8,9)10/h3-6H,7-12H2,1-2H3;3-8H2,1-2H3;2-5H,1H3. The van der Waals surface area contributed by atoms with E-state index in [0.29, 0.717) is 66.1 Å². The number of hydrogen-bond acceptors (Lipinski definition) is 12. The highest BCUT2D eigenvalue weighted by molar-refractivity contribution is 8.13. The molecule has 0 fully saturated rings. The fraction of sp³-hybridized carbons (Fsp3) is 0.586. The number of aryl methyl sites for hydroxylation is 2. The molecule has 0 aromatic heterocycles. The molecule has 0 bridgehead atoms. The number of methoxy groups -OCH3 is 3. The lowest BCUT2D eigenvalue weighted by Crippen LogP contribution is -2.14. The molecule has 0 saturated carbocycles. The van der Waals surface area contributed by atoms with Crippen LogP contribution in [-0.2, 0) is 56.5 Å². The first-order valence-electron chi connectivity index (χ1n) is 13.7. The summed E-state index contributed by atoms with van der Waals surface area (Å²) in [5, 5.41) is 0. The van der Waals surface area contributed by atoms with Crippen molar-refractivity contribution in [2.24, 2.45) is 0 Å². The van der Waals surface area contributed by atoms with Crippen LogP contribution in [0.2, 0.25) is 0 Å². The van der Waals surface area contributed by atoms with Gasteiger partial charge in [0.15, 0.2) is 0 Å². The lowest BCUT2D eigenvalue weighted by atomic mass is 10.2. The smallest absolute Gasteiger partial charge is 0.297 e. The number of halogens is 1. The normalized spacial score (nSPS) is 11.3. The van der Waals surface area contributed by atoms with Gasteiger partial charge < -0.3 is 33.2 Å². The van der Waals surface area contributed by atoms with Gasteiger partial charge in [0.1, 0.15) is 0 Å². The Balaban J connectivity index is 0.000000684. The molecule has 0 spiro atoms. The summed E-state index contributed by atoms with van der Waals surface area (Å²) in [7, 11) is 2.73. The monoisotopic (exact) mass is 686 g/mol. The van der Waals surface area contributed by atoms with Gasteiger partial charge in [0.25, 0.3) is 19.2 Å². The minimum absolute atomic E-state index is 0.0196. The first-order valence-corrected chi connectivity index (χ1v) is 17.4. The predicted molar refractivity (Wildman–Crippen MR) is 167 cm³/mol. The summed E-state index contributed by atoms with van der Waals surface area (Å²) in [5.41, 5.74) is 2.00.